The number of hydrogen-bond acceptors (Lipinski definition) is 2. The van der Waals surface area contributed by atoms with E-state index in [0.29, 0.717) is 18.6 Å². The second-order valence-corrected chi connectivity index (χ2v) is 7.18. The van der Waals surface area contributed by atoms with Gasteiger partial charge in [0.15, 0.2) is 11.4 Å². The molecule has 0 spiro atoms. The Hall–Kier alpha value is -2.42. The number of nitrogens with one attached hydrogen (secondary N) is 1. The molecule has 0 bridgehead atoms. The Bertz CT molecular complexity index is 865. The molecule has 0 atom stereocenters. The van der Waals surface area contributed by atoms with E-state index in [4.69, 9.17) is 0 Å². The summed E-state index contributed by atoms with van der Waals surface area (Å²) < 4.78 is 3.89. The highest BCUT2D eigenvalue weighted by atomic mass is 16.1. The Morgan fingerprint density at radius 3 is 2.62 bits per heavy atom. The van der Waals surface area contributed by atoms with Gasteiger partial charge in [-0.25, -0.2) is 9.36 Å². The first-order chi connectivity index (χ1) is 12.8. The SMILES string of the molecule is CCn1c2c(n(C3CCC(NCc4ccccc4)CC3)c1=O)C=[C+]C=C2. The van der Waals surface area contributed by atoms with E-state index in [2.05, 4.69) is 41.7 Å². The van der Waals surface area contributed by atoms with E-state index in [1.54, 1.807) is 0 Å². The first-order valence-electron chi connectivity index (χ1n) is 9.66. The van der Waals surface area contributed by atoms with Gasteiger partial charge in [-0.05, 0) is 38.2 Å². The van der Waals surface area contributed by atoms with Crippen LogP contribution in [0.1, 0.15) is 55.6 Å². The van der Waals surface area contributed by atoms with Crippen molar-refractivity contribution in [1.29, 1.82) is 0 Å². The van der Waals surface area contributed by atoms with Crippen LogP contribution >= 0.6 is 0 Å². The minimum absolute atomic E-state index is 0.128. The molecular weight excluding hydrogens is 322 g/mol. The summed E-state index contributed by atoms with van der Waals surface area (Å²) in [4.78, 5) is 12.9. The van der Waals surface area contributed by atoms with E-state index < -0.39 is 0 Å². The second-order valence-electron chi connectivity index (χ2n) is 7.18. The highest BCUT2D eigenvalue weighted by Gasteiger charge is 2.31. The van der Waals surface area contributed by atoms with Crippen LogP contribution in [0.5, 0.6) is 0 Å². The topological polar surface area (TPSA) is 39.0 Å². The number of rotatable bonds is 5. The average Bonchev–Trinajstić information content (AvgIpc) is 2.99. The molecule has 1 N–H and O–H groups in total. The van der Waals surface area contributed by atoms with Crippen molar-refractivity contribution in [3.8, 4) is 0 Å². The van der Waals surface area contributed by atoms with Crippen LogP contribution in [0.2, 0.25) is 0 Å². The van der Waals surface area contributed by atoms with Crippen molar-refractivity contribution in [1.82, 2.24) is 14.5 Å². The maximum absolute atomic E-state index is 12.9. The van der Waals surface area contributed by atoms with Crippen LogP contribution in [-0.4, -0.2) is 15.2 Å². The fourth-order valence-corrected chi connectivity index (χ4v) is 4.23. The standard InChI is InChI=1S/C22H26N3O/c1-2-24-20-10-6-7-11-21(20)25(22(24)26)19-14-12-18(13-15-19)23-16-17-8-4-3-5-9-17/h3-6,8-11,18-19,23H,2,12-16H2,1H3/q+1. The number of imidazole rings is 1. The fourth-order valence-electron chi connectivity index (χ4n) is 4.23. The van der Waals surface area contributed by atoms with Gasteiger partial charge in [0.2, 0.25) is 0 Å². The molecule has 2 aliphatic rings. The molecule has 0 saturated heterocycles. The summed E-state index contributed by atoms with van der Waals surface area (Å²) in [6.07, 6.45) is 13.3. The zero-order valence-corrected chi connectivity index (χ0v) is 15.3. The molecular formula is C22H26N3O+. The van der Waals surface area contributed by atoms with Gasteiger partial charge in [0.05, 0.1) is 12.1 Å². The van der Waals surface area contributed by atoms with Crippen LogP contribution in [-0.2, 0) is 13.1 Å². The van der Waals surface area contributed by atoms with Gasteiger partial charge < -0.3 is 5.32 Å². The quantitative estimate of drug-likeness (QED) is 0.835. The molecule has 1 saturated carbocycles. The Kier molecular flexibility index (Phi) is 4.87. The maximum Gasteiger partial charge on any atom is 0.343 e. The summed E-state index contributed by atoms with van der Waals surface area (Å²) in [5, 5.41) is 3.68. The number of allylic oxidation sites excluding steroid dienone is 2. The van der Waals surface area contributed by atoms with Crippen molar-refractivity contribution in [3.63, 3.8) is 0 Å². The van der Waals surface area contributed by atoms with Gasteiger partial charge in [0.25, 0.3) is 0 Å². The van der Waals surface area contributed by atoms with Crippen LogP contribution < -0.4 is 11.0 Å². The van der Waals surface area contributed by atoms with Crippen LogP contribution in [0.15, 0.2) is 41.2 Å². The molecule has 1 fully saturated rings. The Balaban J connectivity index is 1.44. The van der Waals surface area contributed by atoms with E-state index in [1.165, 1.54) is 5.56 Å². The summed E-state index contributed by atoms with van der Waals surface area (Å²) in [6.45, 7) is 3.66. The van der Waals surface area contributed by atoms with Crippen molar-refractivity contribution in [2.45, 2.75) is 57.8 Å². The van der Waals surface area contributed by atoms with Gasteiger partial charge in [0, 0.05) is 25.2 Å². The second kappa shape index (κ2) is 7.45. The van der Waals surface area contributed by atoms with E-state index in [9.17, 15) is 4.79 Å². The highest BCUT2D eigenvalue weighted by molar-refractivity contribution is 5.65. The van der Waals surface area contributed by atoms with E-state index in [1.807, 2.05) is 34.3 Å². The molecule has 1 heterocycles. The van der Waals surface area contributed by atoms with Gasteiger partial charge in [-0.2, -0.15) is 0 Å². The zero-order chi connectivity index (χ0) is 17.9. The normalized spacial score (nSPS) is 21.4. The summed E-state index contributed by atoms with van der Waals surface area (Å²) in [7, 11) is 0. The predicted molar refractivity (Wildman–Crippen MR) is 106 cm³/mol. The van der Waals surface area contributed by atoms with Gasteiger partial charge >= 0.3 is 5.69 Å². The van der Waals surface area contributed by atoms with E-state index >= 15 is 0 Å². The maximum atomic E-state index is 12.9. The molecule has 4 rings (SSSR count). The minimum Gasteiger partial charge on any atom is -0.310 e. The summed E-state index contributed by atoms with van der Waals surface area (Å²) >= 11 is 0. The fraction of sp³-hybridized carbons (Fsp3) is 0.409. The van der Waals surface area contributed by atoms with Gasteiger partial charge in [-0.3, -0.25) is 4.57 Å². The van der Waals surface area contributed by atoms with E-state index in [-0.39, 0.29) is 5.69 Å². The largest absolute Gasteiger partial charge is 0.343 e. The molecule has 2 aliphatic carbocycles. The molecule has 1 aromatic carbocycles. The van der Waals surface area contributed by atoms with Gasteiger partial charge in [0.1, 0.15) is 12.2 Å². The van der Waals surface area contributed by atoms with Crippen molar-refractivity contribution in [2.75, 3.05) is 0 Å². The number of aromatic nitrogens is 2. The van der Waals surface area contributed by atoms with Crippen molar-refractivity contribution in [3.05, 3.63) is 69.9 Å². The molecule has 0 radical (unpaired) electrons. The third-order valence-corrected chi connectivity index (χ3v) is 5.62. The van der Waals surface area contributed by atoms with Crippen molar-refractivity contribution in [2.24, 2.45) is 0 Å². The summed E-state index contributed by atoms with van der Waals surface area (Å²) in [6, 6.07) is 11.4. The zero-order valence-electron chi connectivity index (χ0n) is 15.3. The average molecular weight is 348 g/mol. The minimum atomic E-state index is 0.128. The molecule has 2 aromatic rings. The number of nitrogens with zero attached hydrogens (tertiary/aromatic N) is 2. The van der Waals surface area contributed by atoms with Crippen LogP contribution in [0.25, 0.3) is 12.2 Å². The third kappa shape index (κ3) is 3.18. The Labute approximate surface area is 154 Å². The summed E-state index contributed by atoms with van der Waals surface area (Å²) in [5.74, 6) is 0. The lowest BCUT2D eigenvalue weighted by molar-refractivity contribution is 0.284. The first-order valence-corrected chi connectivity index (χ1v) is 9.66. The molecule has 4 nitrogen and oxygen atoms in total. The third-order valence-electron chi connectivity index (χ3n) is 5.62. The first kappa shape index (κ1) is 17.0. The predicted octanol–water partition coefficient (Wildman–Crippen LogP) is 3.79. The van der Waals surface area contributed by atoms with Crippen molar-refractivity contribution >= 4 is 12.2 Å². The Morgan fingerprint density at radius 2 is 1.88 bits per heavy atom. The number of fused-ring (bicyclic) bond motifs is 1. The Morgan fingerprint density at radius 1 is 1.12 bits per heavy atom. The lowest BCUT2D eigenvalue weighted by atomic mass is 9.90. The molecule has 0 aliphatic heterocycles. The van der Waals surface area contributed by atoms with E-state index in [0.717, 1.165) is 43.6 Å². The molecule has 0 unspecified atom stereocenters. The molecule has 0 amide bonds. The number of hydrogen-bond donors (Lipinski definition) is 1. The number of benzene rings is 1. The van der Waals surface area contributed by atoms with Gasteiger partial charge in [-0.1, -0.05) is 30.3 Å². The smallest absolute Gasteiger partial charge is 0.310 e. The van der Waals surface area contributed by atoms with Crippen molar-refractivity contribution < 1.29 is 0 Å². The van der Waals surface area contributed by atoms with Gasteiger partial charge in [-0.15, -0.1) is 0 Å². The van der Waals surface area contributed by atoms with Crippen LogP contribution in [0.3, 0.4) is 0 Å². The monoisotopic (exact) mass is 348 g/mol. The molecule has 4 heteroatoms. The molecule has 134 valence electrons. The summed E-state index contributed by atoms with van der Waals surface area (Å²) in [5.41, 5.74) is 3.51. The molecule has 26 heavy (non-hydrogen) atoms. The lowest BCUT2D eigenvalue weighted by Gasteiger charge is -2.29. The lowest BCUT2D eigenvalue weighted by Crippen LogP contribution is -2.36. The van der Waals surface area contributed by atoms with Crippen LogP contribution in [0, 0.1) is 6.08 Å². The van der Waals surface area contributed by atoms with Crippen LogP contribution in [0.4, 0.5) is 0 Å². The molecule has 1 aromatic heterocycles. The highest BCUT2D eigenvalue weighted by Crippen LogP contribution is 2.31.